The highest BCUT2D eigenvalue weighted by molar-refractivity contribution is 6.42. The first-order valence-corrected chi connectivity index (χ1v) is 10.2. The minimum absolute atomic E-state index is 0.238. The molecule has 4 heterocycles. The average Bonchev–Trinajstić information content (AvgIpc) is 3.26. The molecule has 2 aliphatic heterocycles. The van der Waals surface area contributed by atoms with Gasteiger partial charge in [-0.3, -0.25) is 9.88 Å². The third-order valence-corrected chi connectivity index (χ3v) is 7.17. The van der Waals surface area contributed by atoms with Crippen LogP contribution < -0.4 is 0 Å². The van der Waals surface area contributed by atoms with E-state index < -0.39 is 0 Å². The van der Waals surface area contributed by atoms with Crippen LogP contribution in [0.3, 0.4) is 0 Å². The van der Waals surface area contributed by atoms with E-state index in [1.807, 2.05) is 24.3 Å². The van der Waals surface area contributed by atoms with Crippen molar-refractivity contribution >= 4 is 23.2 Å². The Bertz CT molecular complexity index is 1010. The molecule has 3 aromatic rings. The zero-order valence-electron chi connectivity index (χ0n) is 15.5. The topological polar surface area (TPSA) is 55.1 Å². The van der Waals surface area contributed by atoms with Crippen LogP contribution in [0.25, 0.3) is 11.4 Å². The third-order valence-electron chi connectivity index (χ3n) is 6.43. The summed E-state index contributed by atoms with van der Waals surface area (Å²) in [6.07, 6.45) is 7.65. The van der Waals surface area contributed by atoms with Gasteiger partial charge in [-0.25, -0.2) is 0 Å². The molecule has 0 amide bonds. The first-order valence-electron chi connectivity index (χ1n) is 9.49. The summed E-state index contributed by atoms with van der Waals surface area (Å²) in [6, 6.07) is 10.3. The van der Waals surface area contributed by atoms with Gasteiger partial charge < -0.3 is 4.52 Å². The van der Waals surface area contributed by atoms with Gasteiger partial charge >= 0.3 is 0 Å². The van der Waals surface area contributed by atoms with E-state index in [1.165, 1.54) is 5.56 Å². The lowest BCUT2D eigenvalue weighted by Crippen LogP contribution is -2.48. The quantitative estimate of drug-likeness (QED) is 0.581. The Kier molecular flexibility index (Phi) is 4.42. The molecular weight excluding hydrogens is 395 g/mol. The normalized spacial score (nSPS) is 27.2. The Morgan fingerprint density at radius 2 is 1.96 bits per heavy atom. The van der Waals surface area contributed by atoms with Crippen LogP contribution in [0.1, 0.15) is 43.1 Å². The Balaban J connectivity index is 1.50. The smallest absolute Gasteiger partial charge is 0.247 e. The van der Waals surface area contributed by atoms with Gasteiger partial charge in [0.15, 0.2) is 0 Å². The lowest BCUT2D eigenvalue weighted by atomic mass is 9.78. The van der Waals surface area contributed by atoms with Gasteiger partial charge in [-0.1, -0.05) is 34.4 Å². The summed E-state index contributed by atoms with van der Waals surface area (Å²) in [5, 5.41) is 5.45. The second kappa shape index (κ2) is 6.83. The fraction of sp³-hybridized carbons (Fsp3) is 0.381. The van der Waals surface area contributed by atoms with E-state index in [1.54, 1.807) is 12.4 Å². The summed E-state index contributed by atoms with van der Waals surface area (Å²) in [5.41, 5.74) is 1.90. The highest BCUT2D eigenvalue weighted by atomic mass is 35.5. The highest BCUT2D eigenvalue weighted by Crippen LogP contribution is 2.54. The fourth-order valence-electron chi connectivity index (χ4n) is 4.86. The summed E-state index contributed by atoms with van der Waals surface area (Å²) in [5.74, 6) is 1.70. The molecule has 28 heavy (non-hydrogen) atoms. The largest absolute Gasteiger partial charge is 0.337 e. The van der Waals surface area contributed by atoms with Crippen LogP contribution in [0.15, 0.2) is 47.2 Å². The predicted molar refractivity (Wildman–Crippen MR) is 108 cm³/mol. The molecule has 2 fully saturated rings. The summed E-state index contributed by atoms with van der Waals surface area (Å²) >= 11 is 12.4. The molecule has 1 aromatic carbocycles. The number of halogens is 2. The molecule has 3 atom stereocenters. The lowest BCUT2D eigenvalue weighted by molar-refractivity contribution is 0.0394. The second-order valence-corrected chi connectivity index (χ2v) is 8.62. The van der Waals surface area contributed by atoms with Gasteiger partial charge in [-0.15, -0.1) is 0 Å². The number of rotatable bonds is 3. The van der Waals surface area contributed by atoms with Crippen LogP contribution in [-0.2, 0) is 5.54 Å². The van der Waals surface area contributed by atoms with Crippen molar-refractivity contribution in [3.63, 3.8) is 0 Å². The molecule has 2 bridgehead atoms. The van der Waals surface area contributed by atoms with Crippen molar-refractivity contribution in [3.8, 4) is 11.4 Å². The van der Waals surface area contributed by atoms with E-state index in [-0.39, 0.29) is 5.54 Å². The van der Waals surface area contributed by atoms with Crippen LogP contribution in [0.4, 0.5) is 0 Å². The van der Waals surface area contributed by atoms with Crippen molar-refractivity contribution in [2.24, 2.45) is 0 Å². The molecule has 5 nitrogen and oxygen atoms in total. The molecule has 144 valence electrons. The first-order chi connectivity index (χ1) is 13.6. The Morgan fingerprint density at radius 1 is 1.14 bits per heavy atom. The van der Waals surface area contributed by atoms with E-state index in [9.17, 15) is 0 Å². The Hall–Kier alpha value is -1.95. The number of hydrogen-bond donors (Lipinski definition) is 0. The van der Waals surface area contributed by atoms with Gasteiger partial charge in [-0.2, -0.15) is 4.98 Å². The third kappa shape index (κ3) is 2.84. The predicted octanol–water partition coefficient (Wildman–Crippen LogP) is 5.31. The number of nitrogens with zero attached hydrogens (tertiary/aromatic N) is 4. The van der Waals surface area contributed by atoms with Crippen molar-refractivity contribution < 1.29 is 4.52 Å². The van der Waals surface area contributed by atoms with Gasteiger partial charge in [-0.05, 0) is 68.5 Å². The molecule has 2 aromatic heterocycles. The maximum atomic E-state index is 6.28. The number of benzene rings is 1. The van der Waals surface area contributed by atoms with Crippen LogP contribution in [0.5, 0.6) is 0 Å². The van der Waals surface area contributed by atoms with Gasteiger partial charge in [0.25, 0.3) is 0 Å². The van der Waals surface area contributed by atoms with Crippen LogP contribution >= 0.6 is 23.2 Å². The number of pyridine rings is 1. The average molecular weight is 415 g/mol. The Labute approximate surface area is 173 Å². The minimum atomic E-state index is -0.238. The summed E-state index contributed by atoms with van der Waals surface area (Å²) in [6.45, 7) is 0. The second-order valence-electron chi connectivity index (χ2n) is 7.80. The van der Waals surface area contributed by atoms with Crippen molar-refractivity contribution in [2.75, 3.05) is 7.05 Å². The van der Waals surface area contributed by atoms with Crippen molar-refractivity contribution in [2.45, 2.75) is 43.2 Å². The van der Waals surface area contributed by atoms with E-state index in [4.69, 9.17) is 32.7 Å². The first kappa shape index (κ1) is 18.1. The molecule has 2 saturated heterocycles. The van der Waals surface area contributed by atoms with Crippen molar-refractivity contribution in [3.05, 3.63) is 64.2 Å². The molecule has 2 aliphatic rings. The molecule has 7 heteroatoms. The van der Waals surface area contributed by atoms with Crippen LogP contribution in [0.2, 0.25) is 10.0 Å². The van der Waals surface area contributed by atoms with Crippen molar-refractivity contribution in [1.29, 1.82) is 0 Å². The molecule has 0 aliphatic carbocycles. The van der Waals surface area contributed by atoms with Crippen LogP contribution in [0, 0.1) is 0 Å². The van der Waals surface area contributed by atoms with E-state index in [0.717, 1.165) is 31.2 Å². The van der Waals surface area contributed by atoms with Gasteiger partial charge in [0.05, 0.1) is 10.0 Å². The SMILES string of the molecule is CN1[C@H]2CC[C@]1(c1nc(-c3ccncc3)no1)CC(c1ccc(Cl)c(Cl)c1)C2. The van der Waals surface area contributed by atoms with Gasteiger partial charge in [0.1, 0.15) is 5.54 Å². The molecule has 1 unspecified atom stereocenters. The van der Waals surface area contributed by atoms with Crippen LogP contribution in [-0.4, -0.2) is 33.1 Å². The molecule has 0 spiro atoms. The molecule has 0 N–H and O–H groups in total. The standard InChI is InChI=1S/C21H20Cl2N4O/c1-27-16-4-7-21(27,12-15(10-16)14-2-3-17(22)18(23)11-14)20-25-19(26-28-20)13-5-8-24-9-6-13/h2-3,5-6,8-9,11,15-16H,4,7,10,12H2,1H3/t15?,16-,21+/m0/s1. The highest BCUT2D eigenvalue weighted by Gasteiger charge is 2.54. The van der Waals surface area contributed by atoms with Crippen molar-refractivity contribution in [1.82, 2.24) is 20.0 Å². The number of hydrogen-bond acceptors (Lipinski definition) is 5. The van der Waals surface area contributed by atoms with Gasteiger partial charge in [0, 0.05) is 24.0 Å². The summed E-state index contributed by atoms with van der Waals surface area (Å²) in [7, 11) is 2.18. The zero-order chi connectivity index (χ0) is 19.3. The van der Waals surface area contributed by atoms with E-state index in [2.05, 4.69) is 28.2 Å². The lowest BCUT2D eigenvalue weighted by Gasteiger charge is -2.43. The number of fused-ring (bicyclic) bond motifs is 2. The number of aromatic nitrogens is 3. The van der Waals surface area contributed by atoms with E-state index in [0.29, 0.717) is 33.7 Å². The maximum absolute atomic E-state index is 6.28. The summed E-state index contributed by atoms with van der Waals surface area (Å²) < 4.78 is 5.81. The molecule has 0 radical (unpaired) electrons. The molecule has 5 rings (SSSR count). The molecule has 0 saturated carbocycles. The minimum Gasteiger partial charge on any atom is -0.337 e. The van der Waals surface area contributed by atoms with Gasteiger partial charge in [0.2, 0.25) is 11.7 Å². The number of piperidine rings is 1. The monoisotopic (exact) mass is 414 g/mol. The van der Waals surface area contributed by atoms with E-state index >= 15 is 0 Å². The zero-order valence-corrected chi connectivity index (χ0v) is 17.0. The summed E-state index contributed by atoms with van der Waals surface area (Å²) in [4.78, 5) is 11.3. The Morgan fingerprint density at radius 3 is 2.75 bits per heavy atom. The molecular formula is C21H20Cl2N4O. The maximum Gasteiger partial charge on any atom is 0.247 e. The fourth-order valence-corrected chi connectivity index (χ4v) is 5.17.